The second-order valence-corrected chi connectivity index (χ2v) is 5.92. The first-order valence-corrected chi connectivity index (χ1v) is 7.69. The molecular weight excluding hydrogens is 290 g/mol. The number of para-hydroxylation sites is 1. The summed E-state index contributed by atoms with van der Waals surface area (Å²) in [6, 6.07) is 8.13. The summed E-state index contributed by atoms with van der Waals surface area (Å²) >= 11 is 3.55. The average molecular weight is 312 g/mol. The van der Waals surface area contributed by atoms with Crippen molar-refractivity contribution < 1.29 is 4.74 Å². The lowest BCUT2D eigenvalue weighted by Gasteiger charge is -2.42. The molecule has 1 N–H and O–H groups in total. The lowest BCUT2D eigenvalue weighted by molar-refractivity contribution is -0.0148. The fraction of sp³-hybridized carbons (Fsp3) is 0.600. The first kappa shape index (κ1) is 13.9. The van der Waals surface area contributed by atoms with Crippen LogP contribution in [0, 0.1) is 0 Å². The third-order valence-electron chi connectivity index (χ3n) is 3.61. The summed E-state index contributed by atoms with van der Waals surface area (Å²) in [5.41, 5.74) is 0.0740. The van der Waals surface area contributed by atoms with Gasteiger partial charge in [-0.25, -0.2) is 0 Å². The van der Waals surface area contributed by atoms with Crippen molar-refractivity contribution in [2.24, 2.45) is 0 Å². The zero-order chi connectivity index (χ0) is 12.8. The number of ether oxygens (including phenoxy) is 1. The molecule has 2 nitrogen and oxygen atoms in total. The van der Waals surface area contributed by atoms with Crippen LogP contribution in [0.2, 0.25) is 0 Å². The molecule has 3 heteroatoms. The van der Waals surface area contributed by atoms with Crippen molar-refractivity contribution in [2.75, 3.05) is 13.1 Å². The van der Waals surface area contributed by atoms with Crippen LogP contribution in [0.5, 0.6) is 5.75 Å². The summed E-state index contributed by atoms with van der Waals surface area (Å²) in [7, 11) is 0. The topological polar surface area (TPSA) is 21.3 Å². The van der Waals surface area contributed by atoms with Gasteiger partial charge in [-0.2, -0.15) is 0 Å². The van der Waals surface area contributed by atoms with Gasteiger partial charge in [0.1, 0.15) is 11.4 Å². The highest BCUT2D eigenvalue weighted by molar-refractivity contribution is 9.10. The molecule has 0 aliphatic heterocycles. The molecule has 0 spiro atoms. The van der Waals surface area contributed by atoms with Gasteiger partial charge in [0.05, 0.1) is 4.47 Å². The maximum atomic E-state index is 6.26. The lowest BCUT2D eigenvalue weighted by atomic mass is 9.77. The van der Waals surface area contributed by atoms with Crippen LogP contribution in [0.25, 0.3) is 0 Å². The number of benzene rings is 1. The highest BCUT2D eigenvalue weighted by Crippen LogP contribution is 2.40. The van der Waals surface area contributed by atoms with Gasteiger partial charge in [-0.05, 0) is 73.3 Å². The molecule has 100 valence electrons. The Labute approximate surface area is 118 Å². The summed E-state index contributed by atoms with van der Waals surface area (Å²) in [5, 5.41) is 3.47. The highest BCUT2D eigenvalue weighted by atomic mass is 79.9. The van der Waals surface area contributed by atoms with Gasteiger partial charge in [0.2, 0.25) is 0 Å². The van der Waals surface area contributed by atoms with Crippen LogP contribution in [-0.2, 0) is 0 Å². The van der Waals surface area contributed by atoms with Crippen molar-refractivity contribution in [3.05, 3.63) is 28.7 Å². The van der Waals surface area contributed by atoms with Crippen molar-refractivity contribution in [3.8, 4) is 5.75 Å². The smallest absolute Gasteiger partial charge is 0.134 e. The van der Waals surface area contributed by atoms with E-state index in [4.69, 9.17) is 4.74 Å². The molecule has 0 amide bonds. The van der Waals surface area contributed by atoms with E-state index >= 15 is 0 Å². The number of hydrogen-bond acceptors (Lipinski definition) is 2. The molecule has 0 atom stereocenters. The molecule has 1 aliphatic rings. The standard InChI is InChI=1S/C15H22BrNO/c1-2-11-17-12-10-15(8-5-9-15)18-14-7-4-3-6-13(14)16/h3-4,6-7,17H,2,5,8-12H2,1H3. The Kier molecular flexibility index (Phi) is 5.07. The van der Waals surface area contributed by atoms with E-state index in [-0.39, 0.29) is 5.60 Å². The SMILES string of the molecule is CCCNCCC1(Oc2ccccc2Br)CCC1. The molecule has 0 bridgehead atoms. The fourth-order valence-electron chi connectivity index (χ4n) is 2.35. The first-order chi connectivity index (χ1) is 8.76. The molecule has 1 saturated carbocycles. The molecule has 2 rings (SSSR count). The minimum Gasteiger partial charge on any atom is -0.486 e. The number of halogens is 1. The van der Waals surface area contributed by atoms with Gasteiger partial charge in [-0.1, -0.05) is 19.1 Å². The minimum atomic E-state index is 0.0740. The predicted octanol–water partition coefficient (Wildman–Crippen LogP) is 4.14. The molecule has 1 aromatic carbocycles. The van der Waals surface area contributed by atoms with Crippen LogP contribution in [0.4, 0.5) is 0 Å². The van der Waals surface area contributed by atoms with Gasteiger partial charge < -0.3 is 10.1 Å². The van der Waals surface area contributed by atoms with Crippen molar-refractivity contribution in [1.82, 2.24) is 5.32 Å². The zero-order valence-electron chi connectivity index (χ0n) is 11.0. The normalized spacial score (nSPS) is 17.2. The third kappa shape index (κ3) is 3.48. The Hall–Kier alpha value is -0.540. The van der Waals surface area contributed by atoms with Crippen LogP contribution in [0.1, 0.15) is 39.0 Å². The van der Waals surface area contributed by atoms with Crippen LogP contribution in [-0.4, -0.2) is 18.7 Å². The van der Waals surface area contributed by atoms with Crippen LogP contribution >= 0.6 is 15.9 Å². The third-order valence-corrected chi connectivity index (χ3v) is 4.27. The van der Waals surface area contributed by atoms with Crippen molar-refractivity contribution >= 4 is 15.9 Å². The summed E-state index contributed by atoms with van der Waals surface area (Å²) in [4.78, 5) is 0. The van der Waals surface area contributed by atoms with Gasteiger partial charge in [0.25, 0.3) is 0 Å². The Morgan fingerprint density at radius 1 is 1.28 bits per heavy atom. The monoisotopic (exact) mass is 311 g/mol. The largest absolute Gasteiger partial charge is 0.486 e. The highest BCUT2D eigenvalue weighted by Gasteiger charge is 2.39. The Morgan fingerprint density at radius 3 is 2.67 bits per heavy atom. The van der Waals surface area contributed by atoms with E-state index in [0.29, 0.717) is 0 Å². The molecular formula is C15H22BrNO. The van der Waals surface area contributed by atoms with Crippen LogP contribution in [0.15, 0.2) is 28.7 Å². The average Bonchev–Trinajstić information content (AvgIpc) is 2.33. The Bertz CT molecular complexity index is 377. The van der Waals surface area contributed by atoms with Crippen molar-refractivity contribution in [2.45, 2.75) is 44.6 Å². The van der Waals surface area contributed by atoms with E-state index in [1.54, 1.807) is 0 Å². The predicted molar refractivity (Wildman–Crippen MR) is 79.1 cm³/mol. The fourth-order valence-corrected chi connectivity index (χ4v) is 2.72. The lowest BCUT2D eigenvalue weighted by Crippen LogP contribution is -2.45. The molecule has 1 fully saturated rings. The van der Waals surface area contributed by atoms with Crippen molar-refractivity contribution in [1.29, 1.82) is 0 Å². The molecule has 1 aromatic rings. The molecule has 0 unspecified atom stereocenters. The van der Waals surface area contributed by atoms with Gasteiger partial charge in [0.15, 0.2) is 0 Å². The summed E-state index contributed by atoms with van der Waals surface area (Å²) in [5.74, 6) is 0.979. The summed E-state index contributed by atoms with van der Waals surface area (Å²) in [6.07, 6.45) is 5.95. The molecule has 0 aromatic heterocycles. The van der Waals surface area contributed by atoms with E-state index in [1.165, 1.54) is 25.7 Å². The number of hydrogen-bond donors (Lipinski definition) is 1. The molecule has 1 aliphatic carbocycles. The summed E-state index contributed by atoms with van der Waals surface area (Å²) < 4.78 is 7.32. The molecule has 18 heavy (non-hydrogen) atoms. The maximum Gasteiger partial charge on any atom is 0.134 e. The second-order valence-electron chi connectivity index (χ2n) is 5.07. The van der Waals surface area contributed by atoms with Crippen LogP contribution in [0.3, 0.4) is 0 Å². The van der Waals surface area contributed by atoms with Gasteiger partial charge in [-0.15, -0.1) is 0 Å². The van der Waals surface area contributed by atoms with E-state index in [1.807, 2.05) is 24.3 Å². The van der Waals surface area contributed by atoms with Gasteiger partial charge in [-0.3, -0.25) is 0 Å². The molecule has 0 saturated heterocycles. The van der Waals surface area contributed by atoms with E-state index in [2.05, 4.69) is 28.2 Å². The first-order valence-electron chi connectivity index (χ1n) is 6.90. The number of rotatable bonds is 7. The molecule has 0 radical (unpaired) electrons. The Morgan fingerprint density at radius 2 is 2.06 bits per heavy atom. The minimum absolute atomic E-state index is 0.0740. The maximum absolute atomic E-state index is 6.26. The van der Waals surface area contributed by atoms with Crippen molar-refractivity contribution in [3.63, 3.8) is 0 Å². The van der Waals surface area contributed by atoms with Crippen LogP contribution < -0.4 is 10.1 Å². The van der Waals surface area contributed by atoms with E-state index in [9.17, 15) is 0 Å². The molecule has 0 heterocycles. The zero-order valence-corrected chi connectivity index (χ0v) is 12.6. The van der Waals surface area contributed by atoms with Gasteiger partial charge >= 0.3 is 0 Å². The summed E-state index contributed by atoms with van der Waals surface area (Å²) in [6.45, 7) is 4.35. The van der Waals surface area contributed by atoms with E-state index in [0.717, 1.165) is 29.7 Å². The van der Waals surface area contributed by atoms with Gasteiger partial charge in [0, 0.05) is 0 Å². The quantitative estimate of drug-likeness (QED) is 0.764. The second kappa shape index (κ2) is 6.58. The van der Waals surface area contributed by atoms with E-state index < -0.39 is 0 Å². The Balaban J connectivity index is 1.90. The number of nitrogens with one attached hydrogen (secondary N) is 1.